The average Bonchev–Trinajstić information content (AvgIpc) is 3.07. The first-order valence-corrected chi connectivity index (χ1v) is 12.0. The Morgan fingerprint density at radius 3 is 2.28 bits per heavy atom. The van der Waals surface area contributed by atoms with E-state index in [9.17, 15) is 14.4 Å². The molecule has 8 heteroatoms. The lowest BCUT2D eigenvalue weighted by molar-refractivity contribution is -0.131. The second kappa shape index (κ2) is 10.9. The van der Waals surface area contributed by atoms with Crippen molar-refractivity contribution in [2.75, 3.05) is 32.7 Å². The van der Waals surface area contributed by atoms with E-state index in [-0.39, 0.29) is 23.9 Å². The van der Waals surface area contributed by atoms with Gasteiger partial charge < -0.3 is 24.4 Å². The van der Waals surface area contributed by atoms with Gasteiger partial charge in [-0.3, -0.25) is 9.59 Å². The smallest absolute Gasteiger partial charge is 0.410 e. The van der Waals surface area contributed by atoms with Gasteiger partial charge in [-0.1, -0.05) is 12.8 Å². The molecule has 2 aliphatic heterocycles. The van der Waals surface area contributed by atoms with Gasteiger partial charge in [0.05, 0.1) is 0 Å². The summed E-state index contributed by atoms with van der Waals surface area (Å²) < 4.78 is 7.46. The average molecular weight is 447 g/mol. The van der Waals surface area contributed by atoms with Gasteiger partial charge in [0, 0.05) is 51.4 Å². The Kier molecular flexibility index (Phi) is 8.21. The van der Waals surface area contributed by atoms with Gasteiger partial charge in [-0.25, -0.2) is 4.79 Å². The van der Waals surface area contributed by atoms with Crippen molar-refractivity contribution in [3.05, 3.63) is 24.0 Å². The normalized spacial score (nSPS) is 18.2. The van der Waals surface area contributed by atoms with Crippen molar-refractivity contribution < 1.29 is 19.1 Å². The van der Waals surface area contributed by atoms with Gasteiger partial charge in [-0.05, 0) is 58.6 Å². The second-order valence-electron chi connectivity index (χ2n) is 9.80. The molecular formula is C24H38N4O4. The fourth-order valence-corrected chi connectivity index (χ4v) is 4.41. The number of hydrogen-bond acceptors (Lipinski definition) is 4. The summed E-state index contributed by atoms with van der Waals surface area (Å²) in [5.74, 6) is -0.0367. The molecule has 3 rings (SSSR count). The molecule has 1 aromatic heterocycles. The largest absolute Gasteiger partial charge is 0.444 e. The summed E-state index contributed by atoms with van der Waals surface area (Å²) in [4.78, 5) is 41.2. The minimum atomic E-state index is -0.506. The third kappa shape index (κ3) is 6.74. The van der Waals surface area contributed by atoms with E-state index in [1.54, 1.807) is 4.90 Å². The van der Waals surface area contributed by atoms with E-state index in [1.807, 2.05) is 48.6 Å². The summed E-state index contributed by atoms with van der Waals surface area (Å²) >= 11 is 0. The molecule has 0 radical (unpaired) electrons. The van der Waals surface area contributed by atoms with Crippen molar-refractivity contribution >= 4 is 17.9 Å². The molecule has 8 nitrogen and oxygen atoms in total. The van der Waals surface area contributed by atoms with Crippen LogP contribution in [0, 0.1) is 0 Å². The molecule has 1 N–H and O–H groups in total. The molecule has 2 fully saturated rings. The molecular weight excluding hydrogens is 408 g/mol. The molecule has 3 amide bonds. The molecule has 1 aromatic rings. The Morgan fingerprint density at radius 2 is 1.66 bits per heavy atom. The lowest BCUT2D eigenvalue weighted by atomic mass is 10.0. The van der Waals surface area contributed by atoms with Gasteiger partial charge in [0.2, 0.25) is 5.91 Å². The standard InChI is InChI=1S/C24H38N4O4/c1-24(2,3)32-23(31)27-17-11-19(12-18-27)28-16-8-9-20(28)22(30)25-13-10-21(29)26-14-6-4-5-7-15-26/h8-9,16,19H,4-7,10-15,17-18H2,1-3H3,(H,25,30). The molecule has 2 aliphatic rings. The van der Waals surface area contributed by atoms with Gasteiger partial charge in [0.15, 0.2) is 0 Å². The van der Waals surface area contributed by atoms with Gasteiger partial charge in [-0.2, -0.15) is 0 Å². The summed E-state index contributed by atoms with van der Waals surface area (Å²) in [7, 11) is 0. The molecule has 0 aromatic carbocycles. The summed E-state index contributed by atoms with van der Waals surface area (Å²) in [5.41, 5.74) is 0.0942. The first-order chi connectivity index (χ1) is 15.2. The van der Waals surface area contributed by atoms with Crippen molar-refractivity contribution in [2.45, 2.75) is 77.4 Å². The topological polar surface area (TPSA) is 83.9 Å². The third-order valence-electron chi connectivity index (χ3n) is 6.10. The number of carbonyl (C=O) groups excluding carboxylic acids is 3. The predicted molar refractivity (Wildman–Crippen MR) is 123 cm³/mol. The zero-order valence-corrected chi connectivity index (χ0v) is 19.8. The van der Waals surface area contributed by atoms with Crippen molar-refractivity contribution in [3.8, 4) is 0 Å². The number of carbonyl (C=O) groups is 3. The number of likely N-dealkylation sites (tertiary alicyclic amines) is 2. The number of hydrogen-bond donors (Lipinski definition) is 1. The second-order valence-corrected chi connectivity index (χ2v) is 9.80. The number of ether oxygens (including phenoxy) is 1. The van der Waals surface area contributed by atoms with Gasteiger partial charge in [-0.15, -0.1) is 0 Å². The highest BCUT2D eigenvalue weighted by Crippen LogP contribution is 2.25. The van der Waals surface area contributed by atoms with E-state index < -0.39 is 5.60 Å². The Morgan fingerprint density at radius 1 is 1.00 bits per heavy atom. The van der Waals surface area contributed by atoms with Crippen molar-refractivity contribution in [1.29, 1.82) is 0 Å². The number of amides is 3. The minimum absolute atomic E-state index is 0.122. The van der Waals surface area contributed by atoms with Crippen LogP contribution in [0.15, 0.2) is 18.3 Å². The molecule has 2 saturated heterocycles. The Bertz CT molecular complexity index is 782. The first-order valence-electron chi connectivity index (χ1n) is 12.0. The maximum Gasteiger partial charge on any atom is 0.410 e. The highest BCUT2D eigenvalue weighted by Gasteiger charge is 2.28. The van der Waals surface area contributed by atoms with Crippen LogP contribution in [0.2, 0.25) is 0 Å². The minimum Gasteiger partial charge on any atom is -0.444 e. The van der Waals surface area contributed by atoms with Crippen molar-refractivity contribution in [1.82, 2.24) is 19.7 Å². The Hall–Kier alpha value is -2.51. The van der Waals surface area contributed by atoms with Crippen molar-refractivity contribution in [2.24, 2.45) is 0 Å². The molecule has 178 valence electrons. The summed E-state index contributed by atoms with van der Waals surface area (Å²) in [6.45, 7) is 8.80. The number of nitrogens with one attached hydrogen (secondary N) is 1. The maximum absolute atomic E-state index is 12.8. The molecule has 0 bridgehead atoms. The molecule has 0 atom stereocenters. The van der Waals surface area contributed by atoms with Crippen LogP contribution >= 0.6 is 0 Å². The third-order valence-corrected chi connectivity index (χ3v) is 6.10. The quantitative estimate of drug-likeness (QED) is 0.749. The highest BCUT2D eigenvalue weighted by atomic mass is 16.6. The lowest BCUT2D eigenvalue weighted by Gasteiger charge is -2.34. The van der Waals surface area contributed by atoms with Crippen LogP contribution in [0.1, 0.15) is 82.2 Å². The zero-order chi connectivity index (χ0) is 23.1. The van der Waals surface area contributed by atoms with Gasteiger partial charge in [0.25, 0.3) is 5.91 Å². The van der Waals surface area contributed by atoms with Crippen LogP contribution in [-0.4, -0.2) is 70.6 Å². The van der Waals surface area contributed by atoms with E-state index in [0.29, 0.717) is 31.7 Å². The Balaban J connectivity index is 1.47. The fourth-order valence-electron chi connectivity index (χ4n) is 4.41. The molecule has 3 heterocycles. The lowest BCUT2D eigenvalue weighted by Crippen LogP contribution is -2.42. The van der Waals surface area contributed by atoms with Gasteiger partial charge in [0.1, 0.15) is 11.3 Å². The van der Waals surface area contributed by atoms with Crippen LogP contribution < -0.4 is 5.32 Å². The molecule has 0 unspecified atom stereocenters. The number of nitrogens with zero attached hydrogens (tertiary/aromatic N) is 3. The summed E-state index contributed by atoms with van der Waals surface area (Å²) in [6.07, 6.45) is 8.02. The van der Waals surface area contributed by atoms with E-state index in [2.05, 4.69) is 5.32 Å². The zero-order valence-electron chi connectivity index (χ0n) is 19.8. The summed E-state index contributed by atoms with van der Waals surface area (Å²) in [5, 5.41) is 2.91. The molecule has 32 heavy (non-hydrogen) atoms. The predicted octanol–water partition coefficient (Wildman–Crippen LogP) is 3.58. The van der Waals surface area contributed by atoms with Crippen LogP contribution in [0.4, 0.5) is 4.79 Å². The molecule has 0 aliphatic carbocycles. The maximum atomic E-state index is 12.8. The van der Waals surface area contributed by atoms with Crippen LogP contribution in [0.25, 0.3) is 0 Å². The fraction of sp³-hybridized carbons (Fsp3) is 0.708. The van der Waals surface area contributed by atoms with E-state index in [4.69, 9.17) is 4.74 Å². The van der Waals surface area contributed by atoms with Crippen LogP contribution in [0.5, 0.6) is 0 Å². The number of rotatable bonds is 5. The Labute approximate surface area is 191 Å². The van der Waals surface area contributed by atoms with Crippen LogP contribution in [0.3, 0.4) is 0 Å². The van der Waals surface area contributed by atoms with E-state index in [1.165, 1.54) is 12.8 Å². The SMILES string of the molecule is CC(C)(C)OC(=O)N1CCC(n2cccc2C(=O)NCCC(=O)N2CCCCCC2)CC1. The van der Waals surface area contributed by atoms with E-state index >= 15 is 0 Å². The summed E-state index contributed by atoms with van der Waals surface area (Å²) in [6, 6.07) is 3.84. The van der Waals surface area contributed by atoms with Crippen LogP contribution in [-0.2, 0) is 9.53 Å². The highest BCUT2D eigenvalue weighted by molar-refractivity contribution is 5.93. The van der Waals surface area contributed by atoms with Crippen molar-refractivity contribution in [3.63, 3.8) is 0 Å². The number of piperidine rings is 1. The van der Waals surface area contributed by atoms with E-state index in [0.717, 1.165) is 38.8 Å². The number of aromatic nitrogens is 1. The van der Waals surface area contributed by atoms with Gasteiger partial charge >= 0.3 is 6.09 Å². The molecule has 0 saturated carbocycles. The first kappa shape index (κ1) is 24.1. The monoisotopic (exact) mass is 446 g/mol. The molecule has 0 spiro atoms.